The summed E-state index contributed by atoms with van der Waals surface area (Å²) < 4.78 is 5.41. The number of hydrogen-bond donors (Lipinski definition) is 0. The van der Waals surface area contributed by atoms with Crippen LogP contribution in [-0.4, -0.2) is 9.97 Å². The van der Waals surface area contributed by atoms with Crippen LogP contribution in [0.4, 0.5) is 0 Å². The maximum atomic E-state index is 5.41. The fraction of sp³-hybridized carbons (Fsp3) is 0.231. The Kier molecular flexibility index (Phi) is 4.99. The van der Waals surface area contributed by atoms with Gasteiger partial charge < -0.3 is 4.74 Å². The molecule has 2 heterocycles. The number of pyridine rings is 2. The van der Waals surface area contributed by atoms with Crippen molar-refractivity contribution in [3.8, 4) is 11.8 Å². The molecule has 2 rings (SSSR count). The molecule has 0 aromatic carbocycles. The smallest absolute Gasteiger partial charge is 0.221 e. The maximum absolute atomic E-state index is 5.41. The maximum Gasteiger partial charge on any atom is 0.221 e. The number of rotatable bonds is 2. The van der Waals surface area contributed by atoms with Crippen LogP contribution in [0.25, 0.3) is 0 Å². The Labute approximate surface area is 96.1 Å². The first kappa shape index (κ1) is 12.2. The third-order valence-corrected chi connectivity index (χ3v) is 1.73. The van der Waals surface area contributed by atoms with Crippen molar-refractivity contribution >= 4 is 0 Å². The van der Waals surface area contributed by atoms with Crippen LogP contribution in [0, 0.1) is 6.92 Å². The van der Waals surface area contributed by atoms with Gasteiger partial charge in [0.1, 0.15) is 0 Å². The van der Waals surface area contributed by atoms with Crippen molar-refractivity contribution in [2.75, 3.05) is 0 Å². The third kappa shape index (κ3) is 3.69. The van der Waals surface area contributed by atoms with Gasteiger partial charge in [-0.25, -0.2) is 9.97 Å². The summed E-state index contributed by atoms with van der Waals surface area (Å²) >= 11 is 0. The van der Waals surface area contributed by atoms with Crippen molar-refractivity contribution in [3.05, 3.63) is 48.3 Å². The first-order valence-electron chi connectivity index (χ1n) is 5.36. The van der Waals surface area contributed by atoms with Gasteiger partial charge in [-0.05, 0) is 18.6 Å². The Morgan fingerprint density at radius 2 is 1.69 bits per heavy atom. The average Bonchev–Trinajstić information content (AvgIpc) is 2.36. The summed E-state index contributed by atoms with van der Waals surface area (Å²) in [6.45, 7) is 5.98. The van der Waals surface area contributed by atoms with Crippen molar-refractivity contribution in [3.63, 3.8) is 0 Å². The summed E-state index contributed by atoms with van der Waals surface area (Å²) in [6.07, 6.45) is 3.45. The average molecular weight is 216 g/mol. The second-order valence-electron chi connectivity index (χ2n) is 2.94. The highest BCUT2D eigenvalue weighted by Crippen LogP contribution is 2.15. The van der Waals surface area contributed by atoms with Crippen LogP contribution in [0.2, 0.25) is 0 Å². The van der Waals surface area contributed by atoms with Crippen LogP contribution in [-0.2, 0) is 0 Å². The van der Waals surface area contributed by atoms with Gasteiger partial charge in [0.2, 0.25) is 11.8 Å². The van der Waals surface area contributed by atoms with E-state index >= 15 is 0 Å². The molecule has 2 aromatic rings. The molecular formula is C13H16N2O. The Morgan fingerprint density at radius 1 is 0.938 bits per heavy atom. The zero-order valence-corrected chi connectivity index (χ0v) is 9.84. The van der Waals surface area contributed by atoms with Crippen LogP contribution >= 0.6 is 0 Å². The van der Waals surface area contributed by atoms with Gasteiger partial charge in [0.25, 0.3) is 0 Å². The number of ether oxygens (including phenoxy) is 1. The monoisotopic (exact) mass is 216 g/mol. The van der Waals surface area contributed by atoms with Gasteiger partial charge in [0.15, 0.2) is 0 Å². The highest BCUT2D eigenvalue weighted by Gasteiger charge is 1.97. The summed E-state index contributed by atoms with van der Waals surface area (Å²) in [5, 5.41) is 0. The summed E-state index contributed by atoms with van der Waals surface area (Å²) in [6, 6.07) is 9.28. The summed E-state index contributed by atoms with van der Waals surface area (Å²) in [4.78, 5) is 8.15. The fourth-order valence-electron chi connectivity index (χ4n) is 1.03. The zero-order valence-electron chi connectivity index (χ0n) is 9.84. The van der Waals surface area contributed by atoms with E-state index in [1.807, 2.05) is 45.0 Å². The van der Waals surface area contributed by atoms with E-state index in [1.165, 1.54) is 0 Å². The molecule has 0 radical (unpaired) electrons. The van der Waals surface area contributed by atoms with Gasteiger partial charge in [0.05, 0.1) is 0 Å². The Hall–Kier alpha value is -1.90. The molecule has 0 aliphatic carbocycles. The number of hydrogen-bond acceptors (Lipinski definition) is 3. The molecular weight excluding hydrogens is 200 g/mol. The second kappa shape index (κ2) is 6.56. The lowest BCUT2D eigenvalue weighted by atomic mass is 10.3. The zero-order chi connectivity index (χ0) is 11.8. The largest absolute Gasteiger partial charge is 0.421 e. The van der Waals surface area contributed by atoms with E-state index in [2.05, 4.69) is 9.97 Å². The van der Waals surface area contributed by atoms with Crippen LogP contribution in [0.15, 0.2) is 42.7 Å². The predicted molar refractivity (Wildman–Crippen MR) is 64.6 cm³/mol. The minimum atomic E-state index is 0.559. The van der Waals surface area contributed by atoms with Gasteiger partial charge >= 0.3 is 0 Å². The van der Waals surface area contributed by atoms with Gasteiger partial charge in [-0.15, -0.1) is 0 Å². The van der Waals surface area contributed by atoms with E-state index in [9.17, 15) is 0 Å². The molecule has 0 aliphatic rings. The minimum absolute atomic E-state index is 0.559. The highest BCUT2D eigenvalue weighted by atomic mass is 16.5. The van der Waals surface area contributed by atoms with E-state index in [-0.39, 0.29) is 0 Å². The lowest BCUT2D eigenvalue weighted by molar-refractivity contribution is 0.444. The van der Waals surface area contributed by atoms with Gasteiger partial charge in [-0.1, -0.05) is 26.0 Å². The molecule has 3 heteroatoms. The molecule has 0 spiro atoms. The first-order chi connectivity index (χ1) is 7.84. The molecule has 0 saturated carbocycles. The summed E-state index contributed by atoms with van der Waals surface area (Å²) in [7, 11) is 0. The Bertz CT molecular complexity index is 398. The van der Waals surface area contributed by atoms with Crippen molar-refractivity contribution in [2.45, 2.75) is 20.8 Å². The molecule has 0 unspecified atom stereocenters. The Balaban J connectivity index is 0.000000606. The fourth-order valence-corrected chi connectivity index (χ4v) is 1.03. The molecule has 0 saturated heterocycles. The quantitative estimate of drug-likeness (QED) is 0.769. The molecule has 84 valence electrons. The lowest BCUT2D eigenvalue weighted by Crippen LogP contribution is -1.89. The van der Waals surface area contributed by atoms with E-state index < -0.39 is 0 Å². The molecule has 0 bridgehead atoms. The molecule has 3 nitrogen and oxygen atoms in total. The molecule has 2 aromatic heterocycles. The van der Waals surface area contributed by atoms with Crippen molar-refractivity contribution in [2.24, 2.45) is 0 Å². The van der Waals surface area contributed by atoms with Crippen LogP contribution in [0.1, 0.15) is 19.4 Å². The van der Waals surface area contributed by atoms with E-state index in [0.717, 1.165) is 5.56 Å². The van der Waals surface area contributed by atoms with Gasteiger partial charge in [0, 0.05) is 24.5 Å². The van der Waals surface area contributed by atoms with Crippen molar-refractivity contribution in [1.82, 2.24) is 9.97 Å². The number of aryl methyl sites for hydroxylation is 1. The summed E-state index contributed by atoms with van der Waals surface area (Å²) in [5.41, 5.74) is 1.11. The second-order valence-corrected chi connectivity index (χ2v) is 2.94. The van der Waals surface area contributed by atoms with Crippen molar-refractivity contribution < 1.29 is 4.74 Å². The normalized spacial score (nSPS) is 8.94. The van der Waals surface area contributed by atoms with E-state index in [1.54, 1.807) is 18.5 Å². The molecule has 0 atom stereocenters. The van der Waals surface area contributed by atoms with Crippen molar-refractivity contribution in [1.29, 1.82) is 0 Å². The molecule has 0 N–H and O–H groups in total. The highest BCUT2D eigenvalue weighted by molar-refractivity contribution is 5.21. The summed E-state index contributed by atoms with van der Waals surface area (Å²) in [5.74, 6) is 1.12. The third-order valence-electron chi connectivity index (χ3n) is 1.73. The van der Waals surface area contributed by atoms with E-state index in [4.69, 9.17) is 4.74 Å². The van der Waals surface area contributed by atoms with Gasteiger partial charge in [-0.3, -0.25) is 0 Å². The molecule has 0 aliphatic heterocycles. The molecule has 0 amide bonds. The standard InChI is InChI=1S/C11H10N2O.C2H6/c1-9-5-6-11(13-8-9)14-10-4-2-3-7-12-10;1-2/h2-8H,1H3;1-2H3. The number of nitrogens with zero attached hydrogens (tertiary/aromatic N) is 2. The van der Waals surface area contributed by atoms with Crippen LogP contribution in [0.5, 0.6) is 11.8 Å². The Morgan fingerprint density at radius 3 is 2.25 bits per heavy atom. The number of aromatic nitrogens is 2. The minimum Gasteiger partial charge on any atom is -0.421 e. The SMILES string of the molecule is CC.Cc1ccc(Oc2ccccn2)nc1. The van der Waals surface area contributed by atoms with Crippen LogP contribution < -0.4 is 4.74 Å². The molecule has 16 heavy (non-hydrogen) atoms. The van der Waals surface area contributed by atoms with Gasteiger partial charge in [-0.2, -0.15) is 0 Å². The van der Waals surface area contributed by atoms with E-state index in [0.29, 0.717) is 11.8 Å². The first-order valence-corrected chi connectivity index (χ1v) is 5.36. The lowest BCUT2D eigenvalue weighted by Gasteiger charge is -2.02. The topological polar surface area (TPSA) is 35.0 Å². The van der Waals surface area contributed by atoms with Crippen LogP contribution in [0.3, 0.4) is 0 Å². The molecule has 0 fully saturated rings. The predicted octanol–water partition coefficient (Wildman–Crippen LogP) is 3.60.